The minimum absolute atomic E-state index is 0.0944. The number of hydrogen-bond acceptors (Lipinski definition) is 5. The van der Waals surface area contributed by atoms with Gasteiger partial charge < -0.3 is 5.32 Å². The number of amides is 1. The van der Waals surface area contributed by atoms with E-state index in [2.05, 4.69) is 10.3 Å². The summed E-state index contributed by atoms with van der Waals surface area (Å²) in [5, 5.41) is 5.65. The first-order chi connectivity index (χ1) is 14.8. The lowest BCUT2D eigenvalue weighted by atomic mass is 10.1. The Morgan fingerprint density at radius 1 is 1.13 bits per heavy atom. The number of fused-ring (bicyclic) bond motifs is 1. The minimum Gasteiger partial charge on any atom is -0.324 e. The van der Waals surface area contributed by atoms with Crippen molar-refractivity contribution in [2.24, 2.45) is 0 Å². The van der Waals surface area contributed by atoms with E-state index in [1.807, 2.05) is 56.5 Å². The lowest BCUT2D eigenvalue weighted by Gasteiger charge is -2.15. The molecule has 8 heteroatoms. The van der Waals surface area contributed by atoms with Crippen molar-refractivity contribution in [3.63, 3.8) is 0 Å². The van der Waals surface area contributed by atoms with Gasteiger partial charge in [0.05, 0.1) is 27.7 Å². The largest absolute Gasteiger partial charge is 0.324 e. The lowest BCUT2D eigenvalue weighted by Crippen LogP contribution is -2.23. The van der Waals surface area contributed by atoms with Crippen LogP contribution < -0.4 is 10.9 Å². The maximum absolute atomic E-state index is 13.3. The molecule has 0 bridgehead atoms. The number of nitrogens with one attached hydrogen (secondary N) is 1. The molecule has 158 valence electrons. The van der Waals surface area contributed by atoms with E-state index in [-0.39, 0.29) is 17.2 Å². The van der Waals surface area contributed by atoms with Gasteiger partial charge in [-0.05, 0) is 67.1 Å². The fraction of sp³-hybridized carbons (Fsp3) is 0.174. The third-order valence-corrected chi connectivity index (χ3v) is 6.93. The van der Waals surface area contributed by atoms with Gasteiger partial charge in [0.15, 0.2) is 5.16 Å². The number of nitrogens with zero attached hydrogens (tertiary/aromatic N) is 2. The van der Waals surface area contributed by atoms with Crippen molar-refractivity contribution >= 4 is 56.5 Å². The average molecular weight is 470 g/mol. The van der Waals surface area contributed by atoms with E-state index in [1.54, 1.807) is 16.7 Å². The van der Waals surface area contributed by atoms with E-state index in [1.165, 1.54) is 23.1 Å². The number of aryl methyl sites for hydroxylation is 3. The summed E-state index contributed by atoms with van der Waals surface area (Å²) in [6.07, 6.45) is 0. The van der Waals surface area contributed by atoms with Crippen molar-refractivity contribution in [2.75, 3.05) is 11.1 Å². The standard InChI is InChI=1S/C23H20ClN3O2S2/c1-13-5-7-17(16(24)10-13)25-20(28)12-31-23-26-18-8-9-30-21(18)22(29)27(23)19-11-14(2)4-6-15(19)3/h4-11H,12H2,1-3H3,(H,25,28). The molecule has 4 rings (SSSR count). The summed E-state index contributed by atoms with van der Waals surface area (Å²) in [6, 6.07) is 13.2. The van der Waals surface area contributed by atoms with Gasteiger partial charge in [0.1, 0.15) is 4.70 Å². The number of carbonyl (C=O) groups excluding carboxylic acids is 1. The number of benzene rings is 2. The van der Waals surface area contributed by atoms with Crippen molar-refractivity contribution in [1.82, 2.24) is 9.55 Å². The Morgan fingerprint density at radius 2 is 1.87 bits per heavy atom. The Morgan fingerprint density at radius 3 is 2.65 bits per heavy atom. The van der Waals surface area contributed by atoms with Crippen LogP contribution in [0.15, 0.2) is 57.8 Å². The Hall–Kier alpha value is -2.61. The summed E-state index contributed by atoms with van der Waals surface area (Å²) in [7, 11) is 0. The summed E-state index contributed by atoms with van der Waals surface area (Å²) in [4.78, 5) is 30.6. The van der Waals surface area contributed by atoms with Gasteiger partial charge in [-0.25, -0.2) is 4.98 Å². The van der Waals surface area contributed by atoms with E-state index in [4.69, 9.17) is 11.6 Å². The van der Waals surface area contributed by atoms with E-state index in [9.17, 15) is 9.59 Å². The second-order valence-corrected chi connectivity index (χ2v) is 9.55. The van der Waals surface area contributed by atoms with Crippen LogP contribution in [0.4, 0.5) is 5.69 Å². The van der Waals surface area contributed by atoms with Gasteiger partial charge in [-0.15, -0.1) is 11.3 Å². The highest BCUT2D eigenvalue weighted by atomic mass is 35.5. The Bertz CT molecular complexity index is 1360. The topological polar surface area (TPSA) is 64.0 Å². The molecule has 0 aliphatic carbocycles. The van der Waals surface area contributed by atoms with Crippen molar-refractivity contribution in [1.29, 1.82) is 0 Å². The molecule has 0 radical (unpaired) electrons. The Balaban J connectivity index is 1.67. The van der Waals surface area contributed by atoms with Gasteiger partial charge in [0.2, 0.25) is 5.91 Å². The van der Waals surface area contributed by atoms with Crippen molar-refractivity contribution in [2.45, 2.75) is 25.9 Å². The molecule has 1 amide bonds. The predicted octanol–water partition coefficient (Wildman–Crippen LogP) is 5.76. The molecule has 2 aromatic heterocycles. The van der Waals surface area contributed by atoms with E-state index in [0.29, 0.717) is 26.1 Å². The van der Waals surface area contributed by atoms with Crippen molar-refractivity contribution in [3.8, 4) is 5.69 Å². The van der Waals surface area contributed by atoms with E-state index in [0.717, 1.165) is 22.4 Å². The van der Waals surface area contributed by atoms with Crippen molar-refractivity contribution < 1.29 is 4.79 Å². The summed E-state index contributed by atoms with van der Waals surface area (Å²) in [5.74, 6) is -0.125. The summed E-state index contributed by atoms with van der Waals surface area (Å²) in [5.41, 5.74) is 4.87. The van der Waals surface area contributed by atoms with Gasteiger partial charge in [0.25, 0.3) is 5.56 Å². The van der Waals surface area contributed by atoms with Crippen LogP contribution in [0.25, 0.3) is 15.9 Å². The fourth-order valence-corrected chi connectivity index (χ4v) is 5.05. The van der Waals surface area contributed by atoms with Crippen LogP contribution in [-0.4, -0.2) is 21.2 Å². The molecular formula is C23H20ClN3O2S2. The van der Waals surface area contributed by atoms with E-state index >= 15 is 0 Å². The van der Waals surface area contributed by atoms with Gasteiger partial charge in [0, 0.05) is 0 Å². The van der Waals surface area contributed by atoms with Gasteiger partial charge in [-0.1, -0.05) is 41.6 Å². The molecule has 0 spiro atoms. The molecule has 4 aromatic rings. The number of hydrogen-bond donors (Lipinski definition) is 1. The maximum atomic E-state index is 13.3. The zero-order valence-corrected chi connectivity index (χ0v) is 19.6. The second kappa shape index (κ2) is 8.86. The number of carbonyl (C=O) groups is 1. The number of anilines is 1. The highest BCUT2D eigenvalue weighted by Crippen LogP contribution is 2.27. The number of thioether (sulfide) groups is 1. The third-order valence-electron chi connectivity index (χ3n) is 4.79. The fourth-order valence-electron chi connectivity index (χ4n) is 3.20. The SMILES string of the molecule is Cc1ccc(NC(=O)CSc2nc3ccsc3c(=O)n2-c2cc(C)ccc2C)c(Cl)c1. The minimum atomic E-state index is -0.220. The summed E-state index contributed by atoms with van der Waals surface area (Å²) < 4.78 is 2.21. The number of thiophene rings is 1. The lowest BCUT2D eigenvalue weighted by molar-refractivity contribution is -0.113. The monoisotopic (exact) mass is 469 g/mol. The molecule has 0 saturated heterocycles. The highest BCUT2D eigenvalue weighted by Gasteiger charge is 2.17. The van der Waals surface area contributed by atoms with Crippen molar-refractivity contribution in [3.05, 3.63) is 79.9 Å². The Labute approximate surface area is 193 Å². The first-order valence-corrected chi connectivity index (χ1v) is 11.8. The van der Waals surface area contributed by atoms with Crippen LogP contribution in [0.2, 0.25) is 5.02 Å². The molecule has 0 aliphatic heterocycles. The van der Waals surface area contributed by atoms with Crippen LogP contribution in [0, 0.1) is 20.8 Å². The number of aromatic nitrogens is 2. The highest BCUT2D eigenvalue weighted by molar-refractivity contribution is 7.99. The molecule has 0 unspecified atom stereocenters. The number of halogens is 1. The summed E-state index contributed by atoms with van der Waals surface area (Å²) in [6.45, 7) is 5.88. The molecule has 0 fully saturated rings. The molecular weight excluding hydrogens is 450 g/mol. The molecule has 2 aromatic carbocycles. The smallest absolute Gasteiger partial charge is 0.276 e. The molecule has 1 N–H and O–H groups in total. The van der Waals surface area contributed by atoms with Crippen LogP contribution in [0.5, 0.6) is 0 Å². The predicted molar refractivity (Wildman–Crippen MR) is 130 cm³/mol. The van der Waals surface area contributed by atoms with Crippen LogP contribution in [-0.2, 0) is 4.79 Å². The van der Waals surface area contributed by atoms with Gasteiger partial charge >= 0.3 is 0 Å². The second-order valence-electron chi connectivity index (χ2n) is 7.28. The zero-order valence-electron chi connectivity index (χ0n) is 17.2. The quantitative estimate of drug-likeness (QED) is 0.298. The third kappa shape index (κ3) is 4.54. The zero-order chi connectivity index (χ0) is 22.1. The van der Waals surface area contributed by atoms with Crippen LogP contribution >= 0.6 is 34.7 Å². The van der Waals surface area contributed by atoms with Crippen LogP contribution in [0.3, 0.4) is 0 Å². The molecule has 0 atom stereocenters. The summed E-state index contributed by atoms with van der Waals surface area (Å²) >= 11 is 8.82. The normalized spacial score (nSPS) is 11.1. The maximum Gasteiger partial charge on any atom is 0.276 e. The first-order valence-electron chi connectivity index (χ1n) is 9.60. The van der Waals surface area contributed by atoms with E-state index < -0.39 is 0 Å². The average Bonchev–Trinajstić information content (AvgIpc) is 3.20. The molecule has 5 nitrogen and oxygen atoms in total. The Kier molecular flexibility index (Phi) is 6.18. The molecule has 0 saturated carbocycles. The molecule has 31 heavy (non-hydrogen) atoms. The number of rotatable bonds is 5. The molecule has 0 aliphatic rings. The van der Waals surface area contributed by atoms with Gasteiger partial charge in [-0.3, -0.25) is 14.2 Å². The van der Waals surface area contributed by atoms with Gasteiger partial charge in [-0.2, -0.15) is 0 Å². The van der Waals surface area contributed by atoms with Crippen LogP contribution in [0.1, 0.15) is 16.7 Å². The first kappa shape index (κ1) is 21.6. The molecule has 2 heterocycles.